The lowest BCUT2D eigenvalue weighted by molar-refractivity contribution is -0.0328. The van der Waals surface area contributed by atoms with E-state index < -0.39 is 5.51 Å². The molecule has 0 bridgehead atoms. The highest BCUT2D eigenvalue weighted by Crippen LogP contribution is 2.39. The van der Waals surface area contributed by atoms with Crippen LogP contribution in [0.15, 0.2) is 27.6 Å². The molecule has 0 saturated carbocycles. The first-order valence-electron chi connectivity index (χ1n) is 3.90. The van der Waals surface area contributed by atoms with Gasteiger partial charge in [0.05, 0.1) is 5.69 Å². The predicted octanol–water partition coefficient (Wildman–Crippen LogP) is 3.72. The Morgan fingerprint density at radius 3 is 2.50 bits per heavy atom. The van der Waals surface area contributed by atoms with Crippen molar-refractivity contribution in [2.75, 3.05) is 5.32 Å². The summed E-state index contributed by atoms with van der Waals surface area (Å²) in [7, 11) is 0. The summed E-state index contributed by atoms with van der Waals surface area (Å²) in [5.74, 6) is 0. The molecule has 0 aliphatic heterocycles. The van der Waals surface area contributed by atoms with Crippen molar-refractivity contribution >= 4 is 50.7 Å². The number of thiocarbonyl (C=S) groups is 1. The van der Waals surface area contributed by atoms with Gasteiger partial charge in [0, 0.05) is 9.37 Å². The molecule has 0 aromatic heterocycles. The second-order valence-corrected chi connectivity index (χ2v) is 5.11. The standard InChI is InChI=1S/C8H6BrF3N2S2/c9-5-3-4(16-8(10,11)12)1-2-6(5)14-7(13)15/h1-3H,(H3,13,14,15). The van der Waals surface area contributed by atoms with Crippen molar-refractivity contribution in [3.05, 3.63) is 22.7 Å². The molecule has 2 nitrogen and oxygen atoms in total. The molecule has 0 saturated heterocycles. The molecule has 1 aromatic rings. The van der Waals surface area contributed by atoms with E-state index in [2.05, 4.69) is 33.5 Å². The summed E-state index contributed by atoms with van der Waals surface area (Å²) in [5.41, 5.74) is 1.48. The van der Waals surface area contributed by atoms with E-state index >= 15 is 0 Å². The zero-order chi connectivity index (χ0) is 12.3. The summed E-state index contributed by atoms with van der Waals surface area (Å²) >= 11 is 7.56. The van der Waals surface area contributed by atoms with E-state index in [9.17, 15) is 13.2 Å². The minimum Gasteiger partial charge on any atom is -0.376 e. The Kier molecular flexibility index (Phi) is 4.45. The maximum absolute atomic E-state index is 12.1. The van der Waals surface area contributed by atoms with Crippen LogP contribution in [0.1, 0.15) is 0 Å². The zero-order valence-corrected chi connectivity index (χ0v) is 10.9. The van der Waals surface area contributed by atoms with Gasteiger partial charge in [0.15, 0.2) is 5.11 Å². The van der Waals surface area contributed by atoms with Crippen molar-refractivity contribution in [2.45, 2.75) is 10.4 Å². The van der Waals surface area contributed by atoms with Crippen LogP contribution in [-0.4, -0.2) is 10.6 Å². The van der Waals surface area contributed by atoms with Crippen molar-refractivity contribution in [3.63, 3.8) is 0 Å². The van der Waals surface area contributed by atoms with Gasteiger partial charge in [-0.25, -0.2) is 0 Å². The molecule has 0 aliphatic rings. The summed E-state index contributed by atoms with van der Waals surface area (Å²) in [6.45, 7) is 0. The van der Waals surface area contributed by atoms with Crippen LogP contribution in [0.4, 0.5) is 18.9 Å². The number of alkyl halides is 3. The number of rotatable bonds is 2. The number of anilines is 1. The Hall–Kier alpha value is -0.470. The van der Waals surface area contributed by atoms with Crippen molar-refractivity contribution in [1.29, 1.82) is 0 Å². The van der Waals surface area contributed by atoms with E-state index in [0.717, 1.165) is 0 Å². The predicted molar refractivity (Wildman–Crippen MR) is 66.5 cm³/mol. The number of halogens is 4. The average Bonchev–Trinajstić information content (AvgIpc) is 2.06. The number of nitrogens with one attached hydrogen (secondary N) is 1. The minimum atomic E-state index is -4.29. The summed E-state index contributed by atoms with van der Waals surface area (Å²) in [5, 5.41) is 2.69. The summed E-state index contributed by atoms with van der Waals surface area (Å²) in [4.78, 5) is 0.0906. The first kappa shape index (κ1) is 13.6. The van der Waals surface area contributed by atoms with Gasteiger partial charge in [0.25, 0.3) is 0 Å². The van der Waals surface area contributed by atoms with Crippen LogP contribution in [0.5, 0.6) is 0 Å². The largest absolute Gasteiger partial charge is 0.446 e. The van der Waals surface area contributed by atoms with E-state index in [1.165, 1.54) is 18.2 Å². The van der Waals surface area contributed by atoms with Gasteiger partial charge in [-0.15, -0.1) is 0 Å². The van der Waals surface area contributed by atoms with Gasteiger partial charge in [-0.2, -0.15) is 13.2 Å². The molecule has 0 atom stereocenters. The van der Waals surface area contributed by atoms with Crippen LogP contribution in [-0.2, 0) is 0 Å². The van der Waals surface area contributed by atoms with Gasteiger partial charge in [0.2, 0.25) is 0 Å². The van der Waals surface area contributed by atoms with Gasteiger partial charge < -0.3 is 11.1 Å². The Balaban J connectivity index is 2.87. The van der Waals surface area contributed by atoms with Crippen molar-refractivity contribution in [1.82, 2.24) is 0 Å². The first-order chi connectivity index (χ1) is 7.28. The number of hydrogen-bond donors (Lipinski definition) is 2. The van der Waals surface area contributed by atoms with Crippen LogP contribution >= 0.6 is 39.9 Å². The maximum Gasteiger partial charge on any atom is 0.446 e. The monoisotopic (exact) mass is 330 g/mol. The lowest BCUT2D eigenvalue weighted by atomic mass is 10.3. The number of hydrogen-bond acceptors (Lipinski definition) is 2. The fourth-order valence-corrected chi connectivity index (χ4v) is 2.25. The molecule has 16 heavy (non-hydrogen) atoms. The first-order valence-corrected chi connectivity index (χ1v) is 5.91. The fraction of sp³-hybridized carbons (Fsp3) is 0.125. The molecule has 0 fully saturated rings. The molecule has 1 aromatic carbocycles. The van der Waals surface area contributed by atoms with Crippen molar-refractivity contribution < 1.29 is 13.2 Å². The molecule has 0 radical (unpaired) electrons. The van der Waals surface area contributed by atoms with Crippen LogP contribution in [0.3, 0.4) is 0 Å². The Bertz CT molecular complexity index is 409. The third-order valence-electron chi connectivity index (χ3n) is 1.43. The molecular weight excluding hydrogens is 325 g/mol. The summed E-state index contributed by atoms with van der Waals surface area (Å²) in [6, 6.07) is 4.15. The quantitative estimate of drug-likeness (QED) is 0.640. The molecule has 0 heterocycles. The Morgan fingerprint density at radius 1 is 1.44 bits per heavy atom. The van der Waals surface area contributed by atoms with E-state index in [4.69, 9.17) is 5.73 Å². The van der Waals surface area contributed by atoms with E-state index in [1.54, 1.807) is 0 Å². The molecule has 0 unspecified atom stereocenters. The third-order valence-corrected chi connectivity index (χ3v) is 2.91. The topological polar surface area (TPSA) is 38.0 Å². The van der Waals surface area contributed by atoms with Crippen LogP contribution < -0.4 is 11.1 Å². The van der Waals surface area contributed by atoms with Crippen LogP contribution in [0, 0.1) is 0 Å². The average molecular weight is 331 g/mol. The highest BCUT2D eigenvalue weighted by Gasteiger charge is 2.29. The summed E-state index contributed by atoms with van der Waals surface area (Å²) in [6.07, 6.45) is 0. The van der Waals surface area contributed by atoms with E-state index in [-0.39, 0.29) is 21.8 Å². The zero-order valence-electron chi connectivity index (χ0n) is 7.64. The van der Waals surface area contributed by atoms with Gasteiger partial charge in [0.1, 0.15) is 0 Å². The second kappa shape index (κ2) is 5.24. The smallest absolute Gasteiger partial charge is 0.376 e. The van der Waals surface area contributed by atoms with Gasteiger partial charge in [-0.3, -0.25) is 0 Å². The molecule has 1 rings (SSSR count). The lowest BCUT2D eigenvalue weighted by Crippen LogP contribution is -2.19. The SMILES string of the molecule is NC(=S)Nc1ccc(SC(F)(F)F)cc1Br. The number of nitrogens with two attached hydrogens (primary N) is 1. The fourth-order valence-electron chi connectivity index (χ4n) is 0.927. The number of thioether (sulfide) groups is 1. The van der Waals surface area contributed by atoms with Crippen LogP contribution in [0.25, 0.3) is 0 Å². The Labute approximate surface area is 108 Å². The van der Waals surface area contributed by atoms with Gasteiger partial charge in [-0.05, 0) is 58.1 Å². The molecule has 0 spiro atoms. The van der Waals surface area contributed by atoms with E-state index in [1.807, 2.05) is 0 Å². The Morgan fingerprint density at radius 2 is 2.06 bits per heavy atom. The molecule has 0 aliphatic carbocycles. The summed E-state index contributed by atoms with van der Waals surface area (Å²) < 4.78 is 36.7. The maximum atomic E-state index is 12.1. The number of benzene rings is 1. The highest BCUT2D eigenvalue weighted by atomic mass is 79.9. The molecule has 88 valence electrons. The van der Waals surface area contributed by atoms with Crippen LogP contribution in [0.2, 0.25) is 0 Å². The van der Waals surface area contributed by atoms with Crippen molar-refractivity contribution in [3.8, 4) is 0 Å². The highest BCUT2D eigenvalue weighted by molar-refractivity contribution is 9.10. The lowest BCUT2D eigenvalue weighted by Gasteiger charge is -2.09. The van der Waals surface area contributed by atoms with Gasteiger partial charge >= 0.3 is 5.51 Å². The van der Waals surface area contributed by atoms with E-state index in [0.29, 0.717) is 10.2 Å². The van der Waals surface area contributed by atoms with Gasteiger partial charge in [-0.1, -0.05) is 0 Å². The second-order valence-electron chi connectivity index (χ2n) is 2.68. The molecular formula is C8H6BrF3N2S2. The third kappa shape index (κ3) is 4.58. The minimum absolute atomic E-state index is 0.0527. The molecule has 3 N–H and O–H groups in total. The normalized spacial score (nSPS) is 11.2. The molecule has 8 heteroatoms. The van der Waals surface area contributed by atoms with Crippen molar-refractivity contribution in [2.24, 2.45) is 5.73 Å². The molecule has 0 amide bonds.